The van der Waals surface area contributed by atoms with Crippen molar-refractivity contribution < 1.29 is 28.2 Å². The monoisotopic (exact) mass is 301 g/mol. The van der Waals surface area contributed by atoms with E-state index in [9.17, 15) is 18.4 Å². The second-order valence-electron chi connectivity index (χ2n) is 4.24. The second kappa shape index (κ2) is 9.02. The zero-order valence-electron chi connectivity index (χ0n) is 11.4. The average molecular weight is 301 g/mol. The van der Waals surface area contributed by atoms with E-state index in [0.717, 1.165) is 0 Å². The van der Waals surface area contributed by atoms with Gasteiger partial charge in [0.05, 0.1) is 19.4 Å². The summed E-state index contributed by atoms with van der Waals surface area (Å²) in [4.78, 5) is 24.0. The number of para-hydroxylation sites is 1. The van der Waals surface area contributed by atoms with Gasteiger partial charge in [0, 0.05) is 12.2 Å². The molecule has 0 unspecified atom stereocenters. The van der Waals surface area contributed by atoms with Crippen molar-refractivity contribution in [3.63, 3.8) is 0 Å². The molecular formula is C14H17F2NO4. The van der Waals surface area contributed by atoms with Gasteiger partial charge >= 0.3 is 5.97 Å². The Morgan fingerprint density at radius 3 is 2.43 bits per heavy atom. The van der Waals surface area contributed by atoms with E-state index in [0.29, 0.717) is 5.69 Å². The van der Waals surface area contributed by atoms with Crippen LogP contribution < -0.4 is 4.90 Å². The minimum absolute atomic E-state index is 0.0209. The highest BCUT2D eigenvalue weighted by Crippen LogP contribution is 2.15. The standard InChI is InChI=1S/C14H17F2NO4/c15-12(16)10-21-9-7-13(18)17(8-6-14(19)20)11-4-2-1-3-5-11/h1-5,12H,6-10H2,(H,19,20). The number of carboxylic acids is 1. The molecule has 1 N–H and O–H groups in total. The lowest BCUT2D eigenvalue weighted by Crippen LogP contribution is -2.33. The number of rotatable bonds is 9. The smallest absolute Gasteiger partial charge is 0.305 e. The number of ether oxygens (including phenoxy) is 1. The summed E-state index contributed by atoms with van der Waals surface area (Å²) in [6, 6.07) is 8.59. The summed E-state index contributed by atoms with van der Waals surface area (Å²) in [5, 5.41) is 8.72. The molecule has 0 saturated carbocycles. The first kappa shape index (κ1) is 17.0. The maximum absolute atomic E-state index is 12.1. The van der Waals surface area contributed by atoms with Crippen molar-refractivity contribution >= 4 is 17.6 Å². The Balaban J connectivity index is 2.59. The van der Waals surface area contributed by atoms with Gasteiger partial charge in [0.1, 0.15) is 6.61 Å². The summed E-state index contributed by atoms with van der Waals surface area (Å²) < 4.78 is 28.5. The minimum atomic E-state index is -2.57. The van der Waals surface area contributed by atoms with Gasteiger partial charge in [-0.2, -0.15) is 0 Å². The van der Waals surface area contributed by atoms with E-state index in [-0.39, 0.29) is 31.9 Å². The molecule has 0 atom stereocenters. The molecule has 21 heavy (non-hydrogen) atoms. The van der Waals surface area contributed by atoms with E-state index in [1.165, 1.54) is 4.90 Å². The van der Waals surface area contributed by atoms with Crippen molar-refractivity contribution in [3.8, 4) is 0 Å². The maximum Gasteiger partial charge on any atom is 0.305 e. The van der Waals surface area contributed by atoms with Gasteiger partial charge in [-0.25, -0.2) is 8.78 Å². The summed E-state index contributed by atoms with van der Waals surface area (Å²) in [7, 11) is 0. The van der Waals surface area contributed by atoms with E-state index in [1.54, 1.807) is 30.3 Å². The predicted octanol–water partition coefficient (Wildman–Crippen LogP) is 2.17. The third-order valence-electron chi connectivity index (χ3n) is 2.62. The summed E-state index contributed by atoms with van der Waals surface area (Å²) >= 11 is 0. The number of carbonyl (C=O) groups is 2. The number of hydrogen-bond donors (Lipinski definition) is 1. The Kier molecular flexibility index (Phi) is 7.31. The maximum atomic E-state index is 12.1. The van der Waals surface area contributed by atoms with Crippen LogP contribution in [0.25, 0.3) is 0 Å². The van der Waals surface area contributed by atoms with E-state index in [4.69, 9.17) is 5.11 Å². The Hall–Kier alpha value is -2.02. The molecule has 116 valence electrons. The molecule has 0 aromatic heterocycles. The quantitative estimate of drug-likeness (QED) is 0.710. The summed E-state index contributed by atoms with van der Waals surface area (Å²) in [6.45, 7) is -0.819. The van der Waals surface area contributed by atoms with Gasteiger partial charge in [-0.3, -0.25) is 9.59 Å². The lowest BCUT2D eigenvalue weighted by Gasteiger charge is -2.22. The molecule has 0 aliphatic heterocycles. The molecule has 0 aliphatic rings. The zero-order valence-corrected chi connectivity index (χ0v) is 11.4. The third-order valence-corrected chi connectivity index (χ3v) is 2.62. The van der Waals surface area contributed by atoms with Crippen LogP contribution in [0.1, 0.15) is 12.8 Å². The predicted molar refractivity (Wildman–Crippen MR) is 72.5 cm³/mol. The fraction of sp³-hybridized carbons (Fsp3) is 0.429. The van der Waals surface area contributed by atoms with Crippen LogP contribution in [-0.4, -0.2) is 43.2 Å². The van der Waals surface area contributed by atoms with Crippen LogP contribution in [0.4, 0.5) is 14.5 Å². The molecule has 0 radical (unpaired) electrons. The van der Waals surface area contributed by atoms with Crippen LogP contribution in [0.2, 0.25) is 0 Å². The molecule has 0 bridgehead atoms. The van der Waals surface area contributed by atoms with Crippen LogP contribution in [0, 0.1) is 0 Å². The highest BCUT2D eigenvalue weighted by Gasteiger charge is 2.16. The first-order valence-corrected chi connectivity index (χ1v) is 6.44. The molecule has 1 amide bonds. The number of anilines is 1. The SMILES string of the molecule is O=C(O)CCN(C(=O)CCOCC(F)F)c1ccccc1. The molecule has 7 heteroatoms. The van der Waals surface area contributed by atoms with E-state index in [1.807, 2.05) is 0 Å². The van der Waals surface area contributed by atoms with Crippen LogP contribution in [-0.2, 0) is 14.3 Å². The highest BCUT2D eigenvalue weighted by molar-refractivity contribution is 5.93. The molecule has 0 fully saturated rings. The number of carboxylic acid groups (broad SMARTS) is 1. The molecule has 0 saturated heterocycles. The second-order valence-corrected chi connectivity index (χ2v) is 4.24. The van der Waals surface area contributed by atoms with Crippen molar-refractivity contribution in [2.75, 3.05) is 24.7 Å². The molecule has 0 aliphatic carbocycles. The molecule has 5 nitrogen and oxygen atoms in total. The minimum Gasteiger partial charge on any atom is -0.481 e. The average Bonchev–Trinajstić information content (AvgIpc) is 2.44. The van der Waals surface area contributed by atoms with E-state index in [2.05, 4.69) is 4.74 Å². The third kappa shape index (κ3) is 6.80. The number of nitrogens with zero attached hydrogens (tertiary/aromatic N) is 1. The molecule has 1 aromatic rings. The molecular weight excluding hydrogens is 284 g/mol. The van der Waals surface area contributed by atoms with Gasteiger partial charge in [-0.15, -0.1) is 0 Å². The number of benzene rings is 1. The van der Waals surface area contributed by atoms with Crippen molar-refractivity contribution in [2.24, 2.45) is 0 Å². The van der Waals surface area contributed by atoms with Crippen molar-refractivity contribution in [3.05, 3.63) is 30.3 Å². The number of amides is 1. The van der Waals surface area contributed by atoms with Crippen molar-refractivity contribution in [1.29, 1.82) is 0 Å². The van der Waals surface area contributed by atoms with Gasteiger partial charge in [-0.1, -0.05) is 18.2 Å². The Labute approximate surface area is 121 Å². The Morgan fingerprint density at radius 2 is 1.86 bits per heavy atom. The fourth-order valence-electron chi connectivity index (χ4n) is 1.68. The van der Waals surface area contributed by atoms with Gasteiger partial charge in [0.25, 0.3) is 6.43 Å². The van der Waals surface area contributed by atoms with Crippen molar-refractivity contribution in [2.45, 2.75) is 19.3 Å². The number of halogens is 2. The van der Waals surface area contributed by atoms with E-state index >= 15 is 0 Å². The van der Waals surface area contributed by atoms with Gasteiger partial charge < -0.3 is 14.7 Å². The summed E-state index contributed by atoms with van der Waals surface area (Å²) in [5.74, 6) is -1.38. The Bertz CT molecular complexity index is 454. The van der Waals surface area contributed by atoms with E-state index < -0.39 is 19.0 Å². The number of alkyl halides is 2. The van der Waals surface area contributed by atoms with Crippen LogP contribution in [0.5, 0.6) is 0 Å². The molecule has 0 spiro atoms. The van der Waals surface area contributed by atoms with Gasteiger partial charge in [0.2, 0.25) is 5.91 Å². The molecule has 0 heterocycles. The van der Waals surface area contributed by atoms with Crippen LogP contribution >= 0.6 is 0 Å². The summed E-state index contributed by atoms with van der Waals surface area (Å²) in [5.41, 5.74) is 0.567. The lowest BCUT2D eigenvalue weighted by molar-refractivity contribution is -0.136. The van der Waals surface area contributed by atoms with Crippen LogP contribution in [0.15, 0.2) is 30.3 Å². The first-order valence-electron chi connectivity index (χ1n) is 6.44. The Morgan fingerprint density at radius 1 is 1.19 bits per heavy atom. The zero-order chi connectivity index (χ0) is 15.7. The lowest BCUT2D eigenvalue weighted by atomic mass is 10.2. The fourth-order valence-corrected chi connectivity index (χ4v) is 1.68. The van der Waals surface area contributed by atoms with Crippen molar-refractivity contribution in [1.82, 2.24) is 0 Å². The van der Waals surface area contributed by atoms with Gasteiger partial charge in [0.15, 0.2) is 0 Å². The molecule has 1 rings (SSSR count). The number of aliphatic carboxylic acids is 1. The van der Waals surface area contributed by atoms with Gasteiger partial charge in [-0.05, 0) is 12.1 Å². The van der Waals surface area contributed by atoms with Crippen LogP contribution in [0.3, 0.4) is 0 Å². The number of hydrogen-bond acceptors (Lipinski definition) is 3. The topological polar surface area (TPSA) is 66.8 Å². The number of carbonyl (C=O) groups excluding carboxylic acids is 1. The largest absolute Gasteiger partial charge is 0.481 e. The summed E-state index contributed by atoms with van der Waals surface area (Å²) in [6.07, 6.45) is -2.85. The molecule has 1 aromatic carbocycles. The highest BCUT2D eigenvalue weighted by atomic mass is 19.3. The normalized spacial score (nSPS) is 10.6. The first-order chi connectivity index (χ1) is 10.0.